The molecule has 1 aromatic carbocycles. The first-order chi connectivity index (χ1) is 15.1. The van der Waals surface area contributed by atoms with E-state index in [0.29, 0.717) is 30.1 Å². The summed E-state index contributed by atoms with van der Waals surface area (Å²) < 4.78 is 19.4. The third kappa shape index (κ3) is 6.04. The molecule has 4 rings (SSSR count). The van der Waals surface area contributed by atoms with Gasteiger partial charge in [0.25, 0.3) is 0 Å². The van der Waals surface area contributed by atoms with Gasteiger partial charge in [-0.25, -0.2) is 4.39 Å². The maximum Gasteiger partial charge on any atom is 0.225 e. The van der Waals surface area contributed by atoms with Gasteiger partial charge < -0.3 is 15.0 Å². The maximum absolute atomic E-state index is 13.8. The molecule has 0 aromatic heterocycles. The molecule has 6 nitrogen and oxygen atoms in total. The van der Waals surface area contributed by atoms with Crippen LogP contribution in [0.2, 0.25) is 0 Å². The number of rotatable bonds is 8. The van der Waals surface area contributed by atoms with Gasteiger partial charge in [0.1, 0.15) is 5.82 Å². The number of carbonyl (C=O) groups is 2. The summed E-state index contributed by atoms with van der Waals surface area (Å²) in [6, 6.07) is 7.29. The molecule has 0 atom stereocenters. The normalized spacial score (nSPS) is 20.8. The van der Waals surface area contributed by atoms with Gasteiger partial charge in [-0.1, -0.05) is 18.2 Å². The number of ether oxygens (including phenoxy) is 1. The van der Waals surface area contributed by atoms with Crippen LogP contribution in [0.1, 0.15) is 44.1 Å². The molecule has 1 N–H and O–H groups in total. The minimum Gasteiger partial charge on any atom is -0.381 e. The van der Waals surface area contributed by atoms with Crippen molar-refractivity contribution in [1.29, 1.82) is 0 Å². The number of likely N-dealkylation sites (tertiary alicyclic amines) is 1. The highest BCUT2D eigenvalue weighted by Crippen LogP contribution is 2.32. The van der Waals surface area contributed by atoms with Gasteiger partial charge in [0.05, 0.1) is 6.42 Å². The Morgan fingerprint density at radius 2 is 1.71 bits per heavy atom. The second kappa shape index (κ2) is 10.6. The van der Waals surface area contributed by atoms with Crippen LogP contribution in [0.4, 0.5) is 4.39 Å². The molecule has 0 unspecified atom stereocenters. The maximum atomic E-state index is 13.8. The molecule has 2 amide bonds. The molecule has 1 aliphatic carbocycles. The molecule has 2 heterocycles. The minimum atomic E-state index is -0.339. The molecular formula is C24H34FN3O3. The van der Waals surface area contributed by atoms with Crippen molar-refractivity contribution in [3.05, 3.63) is 35.6 Å². The van der Waals surface area contributed by atoms with Gasteiger partial charge in [-0.05, 0) is 50.2 Å². The molecule has 0 spiro atoms. The molecule has 3 fully saturated rings. The highest BCUT2D eigenvalue weighted by molar-refractivity contribution is 5.81. The first-order valence-corrected chi connectivity index (χ1v) is 11.7. The Hall–Kier alpha value is -1.99. The van der Waals surface area contributed by atoms with Crippen LogP contribution in [-0.2, 0) is 20.7 Å². The second-order valence-corrected chi connectivity index (χ2v) is 9.03. The number of hydrogen-bond donors (Lipinski definition) is 1. The van der Waals surface area contributed by atoms with Crippen LogP contribution in [0, 0.1) is 11.7 Å². The Balaban J connectivity index is 1.28. The fraction of sp³-hybridized carbons (Fsp3) is 0.667. The van der Waals surface area contributed by atoms with Crippen molar-refractivity contribution in [3.8, 4) is 0 Å². The van der Waals surface area contributed by atoms with Crippen molar-refractivity contribution in [2.75, 3.05) is 39.4 Å². The Labute approximate surface area is 184 Å². The lowest BCUT2D eigenvalue weighted by Gasteiger charge is -2.43. The molecule has 0 radical (unpaired) electrons. The van der Waals surface area contributed by atoms with E-state index in [1.807, 2.05) is 4.90 Å². The van der Waals surface area contributed by atoms with Crippen LogP contribution in [0.25, 0.3) is 0 Å². The van der Waals surface area contributed by atoms with E-state index >= 15 is 0 Å². The number of nitrogens with zero attached hydrogens (tertiary/aromatic N) is 2. The monoisotopic (exact) mass is 431 g/mol. The lowest BCUT2D eigenvalue weighted by Crippen LogP contribution is -2.53. The van der Waals surface area contributed by atoms with Gasteiger partial charge in [-0.2, -0.15) is 0 Å². The van der Waals surface area contributed by atoms with Gasteiger partial charge in [-0.3, -0.25) is 14.5 Å². The Kier molecular flexibility index (Phi) is 7.56. The summed E-state index contributed by atoms with van der Waals surface area (Å²) in [7, 11) is 0. The highest BCUT2D eigenvalue weighted by atomic mass is 19.1. The van der Waals surface area contributed by atoms with E-state index in [9.17, 15) is 14.0 Å². The average Bonchev–Trinajstić information content (AvgIpc) is 3.64. The Morgan fingerprint density at radius 3 is 2.39 bits per heavy atom. The molecule has 0 bridgehead atoms. The summed E-state index contributed by atoms with van der Waals surface area (Å²) in [5.74, 6) is 0.139. The smallest absolute Gasteiger partial charge is 0.225 e. The fourth-order valence-corrected chi connectivity index (χ4v) is 4.89. The van der Waals surface area contributed by atoms with Gasteiger partial charge in [-0.15, -0.1) is 0 Å². The molecule has 2 aliphatic heterocycles. The zero-order valence-electron chi connectivity index (χ0n) is 18.2. The van der Waals surface area contributed by atoms with Crippen LogP contribution in [0.3, 0.4) is 0 Å². The predicted octanol–water partition coefficient (Wildman–Crippen LogP) is 2.37. The van der Waals surface area contributed by atoms with Crippen molar-refractivity contribution in [2.24, 2.45) is 5.92 Å². The SMILES string of the molecule is O=C(Cc1ccccc1F)NCCN(C1CCOCC1)C1CCN(C(=O)C2CC2)CC1. The molecule has 170 valence electrons. The highest BCUT2D eigenvalue weighted by Gasteiger charge is 2.37. The van der Waals surface area contributed by atoms with E-state index in [2.05, 4.69) is 10.2 Å². The lowest BCUT2D eigenvalue weighted by atomic mass is 9.97. The molecule has 1 aromatic rings. The fourth-order valence-electron chi connectivity index (χ4n) is 4.89. The summed E-state index contributed by atoms with van der Waals surface area (Å²) in [4.78, 5) is 29.3. The average molecular weight is 432 g/mol. The van der Waals surface area contributed by atoms with E-state index in [-0.39, 0.29) is 24.1 Å². The van der Waals surface area contributed by atoms with Crippen molar-refractivity contribution >= 4 is 11.8 Å². The Morgan fingerprint density at radius 1 is 1.03 bits per heavy atom. The van der Waals surface area contributed by atoms with Gasteiger partial charge in [0, 0.05) is 57.4 Å². The topological polar surface area (TPSA) is 61.9 Å². The van der Waals surface area contributed by atoms with Crippen LogP contribution < -0.4 is 5.32 Å². The van der Waals surface area contributed by atoms with Crippen molar-refractivity contribution < 1.29 is 18.7 Å². The minimum absolute atomic E-state index is 0.0611. The van der Waals surface area contributed by atoms with E-state index in [1.165, 1.54) is 6.07 Å². The van der Waals surface area contributed by atoms with Crippen LogP contribution >= 0.6 is 0 Å². The van der Waals surface area contributed by atoms with E-state index in [4.69, 9.17) is 4.74 Å². The summed E-state index contributed by atoms with van der Waals surface area (Å²) >= 11 is 0. The molecule has 31 heavy (non-hydrogen) atoms. The number of piperidine rings is 1. The molecular weight excluding hydrogens is 397 g/mol. The Bertz CT molecular complexity index is 756. The van der Waals surface area contributed by atoms with Gasteiger partial charge in [0.15, 0.2) is 0 Å². The standard InChI is InChI=1S/C24H34FN3O3/c25-22-4-2-1-3-19(22)17-23(29)26-11-14-28(21-9-15-31-16-10-21)20-7-12-27(13-8-20)24(30)18-5-6-18/h1-4,18,20-21H,5-17H2,(H,26,29). The predicted molar refractivity (Wildman–Crippen MR) is 116 cm³/mol. The zero-order chi connectivity index (χ0) is 21.6. The van der Waals surface area contributed by atoms with Crippen LogP contribution in [0.5, 0.6) is 0 Å². The quantitative estimate of drug-likeness (QED) is 0.687. The van der Waals surface area contributed by atoms with E-state index in [1.54, 1.807) is 18.2 Å². The van der Waals surface area contributed by atoms with Gasteiger partial charge in [0.2, 0.25) is 11.8 Å². The summed E-state index contributed by atoms with van der Waals surface area (Å²) in [5, 5.41) is 2.97. The third-order valence-corrected chi connectivity index (χ3v) is 6.83. The number of amides is 2. The summed E-state index contributed by atoms with van der Waals surface area (Å²) in [6.45, 7) is 4.54. The van der Waals surface area contributed by atoms with E-state index in [0.717, 1.165) is 71.4 Å². The van der Waals surface area contributed by atoms with Gasteiger partial charge >= 0.3 is 0 Å². The molecule has 1 saturated carbocycles. The number of hydrogen-bond acceptors (Lipinski definition) is 4. The molecule has 3 aliphatic rings. The van der Waals surface area contributed by atoms with Crippen LogP contribution in [0.15, 0.2) is 24.3 Å². The van der Waals surface area contributed by atoms with Crippen LogP contribution in [-0.4, -0.2) is 73.1 Å². The first-order valence-electron chi connectivity index (χ1n) is 11.7. The third-order valence-electron chi connectivity index (χ3n) is 6.83. The largest absolute Gasteiger partial charge is 0.381 e. The van der Waals surface area contributed by atoms with Crippen molar-refractivity contribution in [2.45, 2.75) is 57.0 Å². The first kappa shape index (κ1) is 22.2. The summed E-state index contributed by atoms with van der Waals surface area (Å²) in [6.07, 6.45) is 6.15. The number of nitrogens with one attached hydrogen (secondary N) is 1. The van der Waals surface area contributed by atoms with E-state index < -0.39 is 0 Å². The molecule has 7 heteroatoms. The van der Waals surface area contributed by atoms with Crippen molar-refractivity contribution in [3.63, 3.8) is 0 Å². The number of halogens is 1. The second-order valence-electron chi connectivity index (χ2n) is 9.03. The number of benzene rings is 1. The zero-order valence-corrected chi connectivity index (χ0v) is 18.2. The lowest BCUT2D eigenvalue weighted by molar-refractivity contribution is -0.134. The molecule has 2 saturated heterocycles. The van der Waals surface area contributed by atoms with Crippen molar-refractivity contribution in [1.82, 2.24) is 15.1 Å². The summed E-state index contributed by atoms with van der Waals surface area (Å²) in [5.41, 5.74) is 0.425. The number of carbonyl (C=O) groups excluding carboxylic acids is 2.